The lowest BCUT2D eigenvalue weighted by atomic mass is 10.2. The molecule has 0 saturated heterocycles. The zero-order valence-corrected chi connectivity index (χ0v) is 15.7. The summed E-state index contributed by atoms with van der Waals surface area (Å²) >= 11 is 5.88. The number of carbonyl (C=O) groups is 2. The number of rotatable bonds is 8. The van der Waals surface area contributed by atoms with Crippen LogP contribution in [0.1, 0.15) is 21.7 Å². The maximum atomic E-state index is 12.5. The highest BCUT2D eigenvalue weighted by Crippen LogP contribution is 2.20. The highest BCUT2D eigenvalue weighted by atomic mass is 35.5. The number of amides is 2. The molecule has 2 aromatic carbocycles. The van der Waals surface area contributed by atoms with Crippen molar-refractivity contribution in [2.45, 2.75) is 13.2 Å². The first-order chi connectivity index (χ1) is 13.6. The van der Waals surface area contributed by atoms with Gasteiger partial charge in [0, 0.05) is 5.02 Å². The zero-order chi connectivity index (χ0) is 19.8. The van der Waals surface area contributed by atoms with Gasteiger partial charge in [-0.25, -0.2) is 0 Å². The Morgan fingerprint density at radius 2 is 1.75 bits per heavy atom. The summed E-state index contributed by atoms with van der Waals surface area (Å²) in [5.74, 6) is 0.371. The van der Waals surface area contributed by atoms with Crippen LogP contribution in [0.4, 0.5) is 0 Å². The molecule has 3 aromatic rings. The van der Waals surface area contributed by atoms with Gasteiger partial charge in [0.25, 0.3) is 5.91 Å². The number of carbonyl (C=O) groups excluding carboxylic acids is 2. The molecule has 0 spiro atoms. The van der Waals surface area contributed by atoms with Crippen molar-refractivity contribution in [2.75, 3.05) is 6.54 Å². The van der Waals surface area contributed by atoms with E-state index in [0.717, 1.165) is 5.56 Å². The van der Waals surface area contributed by atoms with Gasteiger partial charge in [-0.2, -0.15) is 0 Å². The lowest BCUT2D eigenvalue weighted by Crippen LogP contribution is -2.36. The number of hydrogen-bond acceptors (Lipinski definition) is 4. The Hall–Kier alpha value is -3.25. The third-order valence-electron chi connectivity index (χ3n) is 3.89. The van der Waals surface area contributed by atoms with Gasteiger partial charge in [-0.05, 0) is 42.0 Å². The van der Waals surface area contributed by atoms with Crippen molar-refractivity contribution < 1.29 is 18.7 Å². The highest BCUT2D eigenvalue weighted by molar-refractivity contribution is 6.30. The molecular weight excluding hydrogens is 380 g/mol. The summed E-state index contributed by atoms with van der Waals surface area (Å²) in [7, 11) is 0. The van der Waals surface area contributed by atoms with Crippen LogP contribution in [-0.4, -0.2) is 18.4 Å². The smallest absolute Gasteiger partial charge is 0.255 e. The zero-order valence-electron chi connectivity index (χ0n) is 15.0. The molecule has 1 heterocycles. The number of furan rings is 1. The molecule has 0 unspecified atom stereocenters. The van der Waals surface area contributed by atoms with Crippen molar-refractivity contribution in [2.24, 2.45) is 0 Å². The highest BCUT2D eigenvalue weighted by Gasteiger charge is 2.13. The molecule has 6 nitrogen and oxygen atoms in total. The van der Waals surface area contributed by atoms with Crippen molar-refractivity contribution in [1.29, 1.82) is 0 Å². The Balaban J connectivity index is 1.53. The predicted octanol–water partition coefficient (Wildman–Crippen LogP) is 3.56. The van der Waals surface area contributed by atoms with Gasteiger partial charge in [0.2, 0.25) is 5.91 Å². The van der Waals surface area contributed by atoms with E-state index in [-0.39, 0.29) is 24.9 Å². The van der Waals surface area contributed by atoms with Gasteiger partial charge in [0.1, 0.15) is 18.1 Å². The minimum Gasteiger partial charge on any atom is -0.488 e. The van der Waals surface area contributed by atoms with Gasteiger partial charge in [-0.15, -0.1) is 0 Å². The van der Waals surface area contributed by atoms with Crippen LogP contribution in [0.15, 0.2) is 71.3 Å². The maximum Gasteiger partial charge on any atom is 0.255 e. The van der Waals surface area contributed by atoms with Crippen LogP contribution in [-0.2, 0) is 17.9 Å². The molecule has 2 amide bonds. The number of nitrogens with one attached hydrogen (secondary N) is 2. The normalized spacial score (nSPS) is 10.3. The molecule has 1 aromatic heterocycles. The van der Waals surface area contributed by atoms with Gasteiger partial charge in [0.05, 0.1) is 24.9 Å². The Bertz CT molecular complexity index is 924. The van der Waals surface area contributed by atoms with Crippen molar-refractivity contribution in [3.8, 4) is 5.75 Å². The van der Waals surface area contributed by atoms with Crippen molar-refractivity contribution in [1.82, 2.24) is 10.6 Å². The van der Waals surface area contributed by atoms with Crippen LogP contribution < -0.4 is 15.4 Å². The molecule has 144 valence electrons. The number of benzene rings is 2. The summed E-state index contributed by atoms with van der Waals surface area (Å²) in [5, 5.41) is 5.91. The lowest BCUT2D eigenvalue weighted by Gasteiger charge is -2.12. The molecule has 0 bridgehead atoms. The fourth-order valence-corrected chi connectivity index (χ4v) is 2.56. The van der Waals surface area contributed by atoms with Crippen LogP contribution in [0.25, 0.3) is 0 Å². The number of para-hydroxylation sites is 1. The topological polar surface area (TPSA) is 80.6 Å². The van der Waals surface area contributed by atoms with E-state index in [0.29, 0.717) is 28.7 Å². The van der Waals surface area contributed by atoms with Crippen LogP contribution in [0, 0.1) is 0 Å². The molecule has 2 N–H and O–H groups in total. The quantitative estimate of drug-likeness (QED) is 0.608. The van der Waals surface area contributed by atoms with Gasteiger partial charge in [-0.3, -0.25) is 9.59 Å². The fraction of sp³-hybridized carbons (Fsp3) is 0.143. The molecule has 28 heavy (non-hydrogen) atoms. The second kappa shape index (κ2) is 9.62. The monoisotopic (exact) mass is 398 g/mol. The standard InChI is InChI=1S/C21H19ClN2O4/c22-16-9-7-15(8-10-16)14-28-19-6-2-1-5-18(19)21(26)24-13-20(25)23-12-17-4-3-11-27-17/h1-11H,12-14H2,(H,23,25)(H,24,26). The molecule has 0 atom stereocenters. The van der Waals surface area contributed by atoms with E-state index in [4.69, 9.17) is 20.8 Å². The SMILES string of the molecule is O=C(CNC(=O)c1ccccc1OCc1ccc(Cl)cc1)NCc1ccco1. The molecule has 0 aliphatic carbocycles. The molecule has 0 saturated carbocycles. The van der Waals surface area contributed by atoms with Crippen LogP contribution in [0.5, 0.6) is 5.75 Å². The van der Waals surface area contributed by atoms with Gasteiger partial charge >= 0.3 is 0 Å². The summed E-state index contributed by atoms with van der Waals surface area (Å²) in [6.45, 7) is 0.415. The first kappa shape index (κ1) is 19.5. The Morgan fingerprint density at radius 1 is 0.964 bits per heavy atom. The summed E-state index contributed by atoms with van der Waals surface area (Å²) < 4.78 is 10.9. The van der Waals surface area contributed by atoms with Crippen molar-refractivity contribution in [3.63, 3.8) is 0 Å². The Labute approximate surface area is 167 Å². The van der Waals surface area contributed by atoms with Crippen molar-refractivity contribution >= 4 is 23.4 Å². The summed E-state index contributed by atoms with van der Waals surface area (Å²) in [4.78, 5) is 24.3. The molecule has 0 radical (unpaired) electrons. The van der Waals surface area contributed by atoms with Crippen LogP contribution >= 0.6 is 11.6 Å². The molecule has 0 aliphatic rings. The van der Waals surface area contributed by atoms with E-state index in [9.17, 15) is 9.59 Å². The summed E-state index contributed by atoms with van der Waals surface area (Å²) in [6, 6.07) is 17.6. The number of hydrogen-bond donors (Lipinski definition) is 2. The molecular formula is C21H19ClN2O4. The van der Waals surface area contributed by atoms with E-state index < -0.39 is 0 Å². The molecule has 3 rings (SSSR count). The van der Waals surface area contributed by atoms with Crippen LogP contribution in [0.3, 0.4) is 0 Å². The van der Waals surface area contributed by atoms with Crippen LogP contribution in [0.2, 0.25) is 5.02 Å². The first-order valence-electron chi connectivity index (χ1n) is 8.65. The van der Waals surface area contributed by atoms with Crippen molar-refractivity contribution in [3.05, 3.63) is 88.8 Å². The number of halogens is 1. The van der Waals surface area contributed by atoms with Gasteiger partial charge < -0.3 is 19.8 Å². The maximum absolute atomic E-state index is 12.5. The second-order valence-corrected chi connectivity index (χ2v) is 6.39. The third kappa shape index (κ3) is 5.62. The Morgan fingerprint density at radius 3 is 2.50 bits per heavy atom. The molecule has 0 fully saturated rings. The summed E-state index contributed by atoms with van der Waals surface area (Å²) in [6.07, 6.45) is 1.53. The molecule has 0 aliphatic heterocycles. The number of ether oxygens (including phenoxy) is 1. The minimum absolute atomic E-state index is 0.148. The van der Waals surface area contributed by atoms with E-state index >= 15 is 0 Å². The summed E-state index contributed by atoms with van der Waals surface area (Å²) in [5.41, 5.74) is 1.28. The third-order valence-corrected chi connectivity index (χ3v) is 4.14. The van der Waals surface area contributed by atoms with Gasteiger partial charge in [0.15, 0.2) is 0 Å². The van der Waals surface area contributed by atoms with E-state index in [1.807, 2.05) is 12.1 Å². The van der Waals surface area contributed by atoms with Gasteiger partial charge in [-0.1, -0.05) is 35.9 Å². The average Bonchev–Trinajstić information content (AvgIpc) is 3.24. The lowest BCUT2D eigenvalue weighted by molar-refractivity contribution is -0.120. The van der Waals surface area contributed by atoms with E-state index in [2.05, 4.69) is 10.6 Å². The molecule has 7 heteroatoms. The second-order valence-electron chi connectivity index (χ2n) is 5.95. The average molecular weight is 399 g/mol. The largest absolute Gasteiger partial charge is 0.488 e. The van der Waals surface area contributed by atoms with E-state index in [1.165, 1.54) is 6.26 Å². The minimum atomic E-state index is -0.389. The van der Waals surface area contributed by atoms with E-state index in [1.54, 1.807) is 48.5 Å². The first-order valence-corrected chi connectivity index (χ1v) is 9.03. The predicted molar refractivity (Wildman–Crippen MR) is 105 cm³/mol. The Kier molecular flexibility index (Phi) is 6.70. The fourth-order valence-electron chi connectivity index (χ4n) is 2.44.